The first-order valence-electron chi connectivity index (χ1n) is 9.09. The van der Waals surface area contributed by atoms with Gasteiger partial charge in [-0.25, -0.2) is 4.79 Å². The molecule has 1 aromatic rings. The summed E-state index contributed by atoms with van der Waals surface area (Å²) in [7, 11) is 0. The van der Waals surface area contributed by atoms with Gasteiger partial charge in [0.05, 0.1) is 0 Å². The van der Waals surface area contributed by atoms with Crippen molar-refractivity contribution < 1.29 is 9.90 Å². The molecule has 1 saturated heterocycles. The van der Waals surface area contributed by atoms with Gasteiger partial charge in [-0.05, 0) is 37.3 Å². The van der Waals surface area contributed by atoms with Crippen LogP contribution < -0.4 is 10.6 Å². The Hall–Kier alpha value is -1.59. The molecule has 3 N–H and O–H groups in total. The Morgan fingerprint density at radius 2 is 2.08 bits per heavy atom. The second kappa shape index (κ2) is 10.3. The van der Waals surface area contributed by atoms with E-state index in [-0.39, 0.29) is 12.6 Å². The molecule has 0 saturated carbocycles. The SMILES string of the molecule is CC(CCO)CNC(=O)NCC1CCCCN1Cc1ccccc1. The Bertz CT molecular complexity index is 481. The summed E-state index contributed by atoms with van der Waals surface area (Å²) in [4.78, 5) is 14.4. The minimum atomic E-state index is -0.106. The highest BCUT2D eigenvalue weighted by molar-refractivity contribution is 5.73. The first-order chi connectivity index (χ1) is 11.7. The van der Waals surface area contributed by atoms with Gasteiger partial charge < -0.3 is 15.7 Å². The molecule has 2 atom stereocenters. The molecule has 134 valence electrons. The van der Waals surface area contributed by atoms with E-state index in [1.165, 1.54) is 18.4 Å². The fraction of sp³-hybridized carbons (Fsp3) is 0.632. The minimum Gasteiger partial charge on any atom is -0.396 e. The van der Waals surface area contributed by atoms with Crippen LogP contribution in [0.2, 0.25) is 0 Å². The number of benzene rings is 1. The van der Waals surface area contributed by atoms with Crippen LogP contribution >= 0.6 is 0 Å². The molecule has 24 heavy (non-hydrogen) atoms. The van der Waals surface area contributed by atoms with Crippen LogP contribution in [0, 0.1) is 5.92 Å². The summed E-state index contributed by atoms with van der Waals surface area (Å²) in [5.41, 5.74) is 1.33. The van der Waals surface area contributed by atoms with Gasteiger partial charge in [-0.3, -0.25) is 4.90 Å². The average Bonchev–Trinajstić information content (AvgIpc) is 2.60. The summed E-state index contributed by atoms with van der Waals surface area (Å²) < 4.78 is 0. The number of piperidine rings is 1. The zero-order valence-corrected chi connectivity index (χ0v) is 14.7. The van der Waals surface area contributed by atoms with Crippen LogP contribution in [0.4, 0.5) is 4.79 Å². The van der Waals surface area contributed by atoms with Crippen molar-refractivity contribution in [2.45, 2.75) is 45.2 Å². The maximum absolute atomic E-state index is 12.0. The number of rotatable bonds is 8. The topological polar surface area (TPSA) is 64.6 Å². The third-order valence-corrected chi connectivity index (χ3v) is 4.71. The summed E-state index contributed by atoms with van der Waals surface area (Å²) in [6.45, 7) is 5.52. The maximum Gasteiger partial charge on any atom is 0.314 e. The third-order valence-electron chi connectivity index (χ3n) is 4.71. The summed E-state index contributed by atoms with van der Waals surface area (Å²) in [6.07, 6.45) is 4.31. The van der Waals surface area contributed by atoms with E-state index in [9.17, 15) is 4.79 Å². The molecule has 0 bridgehead atoms. The van der Waals surface area contributed by atoms with Gasteiger partial charge in [0.15, 0.2) is 0 Å². The lowest BCUT2D eigenvalue weighted by molar-refractivity contribution is 0.138. The Balaban J connectivity index is 1.75. The molecular weight excluding hydrogens is 302 g/mol. The van der Waals surface area contributed by atoms with Crippen LogP contribution in [-0.2, 0) is 6.54 Å². The Labute approximate surface area is 145 Å². The van der Waals surface area contributed by atoms with Gasteiger partial charge in [0, 0.05) is 32.3 Å². The zero-order chi connectivity index (χ0) is 17.2. The molecule has 1 heterocycles. The standard InChI is InChI=1S/C19H31N3O2/c1-16(10-12-23)13-20-19(24)21-14-18-9-5-6-11-22(18)15-17-7-3-2-4-8-17/h2-4,7-8,16,18,23H,5-6,9-15H2,1H3,(H2,20,21,24). The number of hydrogen-bond donors (Lipinski definition) is 3. The van der Waals surface area contributed by atoms with Crippen LogP contribution in [0.15, 0.2) is 30.3 Å². The fourth-order valence-electron chi connectivity index (χ4n) is 3.18. The van der Waals surface area contributed by atoms with Crippen molar-refractivity contribution in [3.05, 3.63) is 35.9 Å². The molecule has 5 heteroatoms. The summed E-state index contributed by atoms with van der Waals surface area (Å²) in [5.74, 6) is 0.296. The number of aliphatic hydroxyl groups is 1. The van der Waals surface area contributed by atoms with Crippen molar-refractivity contribution in [1.82, 2.24) is 15.5 Å². The molecular formula is C19H31N3O2. The van der Waals surface area contributed by atoms with Crippen LogP contribution in [0.1, 0.15) is 38.2 Å². The van der Waals surface area contributed by atoms with Gasteiger partial charge in [-0.2, -0.15) is 0 Å². The van der Waals surface area contributed by atoms with Gasteiger partial charge in [0.25, 0.3) is 0 Å². The molecule has 0 aromatic heterocycles. The number of amides is 2. The molecule has 0 radical (unpaired) electrons. The molecule has 0 aliphatic carbocycles. The first kappa shape index (κ1) is 18.7. The molecule has 1 fully saturated rings. The number of likely N-dealkylation sites (tertiary alicyclic amines) is 1. The van der Waals surface area contributed by atoms with Crippen LogP contribution in [0.5, 0.6) is 0 Å². The van der Waals surface area contributed by atoms with Crippen LogP contribution in [-0.4, -0.2) is 48.3 Å². The van der Waals surface area contributed by atoms with E-state index in [4.69, 9.17) is 5.11 Å². The van der Waals surface area contributed by atoms with Crippen molar-refractivity contribution in [2.75, 3.05) is 26.2 Å². The van der Waals surface area contributed by atoms with Crippen molar-refractivity contribution in [1.29, 1.82) is 0 Å². The van der Waals surface area contributed by atoms with Gasteiger partial charge in [0.2, 0.25) is 0 Å². The fourth-order valence-corrected chi connectivity index (χ4v) is 3.18. The Morgan fingerprint density at radius 3 is 2.83 bits per heavy atom. The van der Waals surface area contributed by atoms with Gasteiger partial charge in [0.1, 0.15) is 0 Å². The summed E-state index contributed by atoms with van der Waals surface area (Å²) in [6, 6.07) is 10.8. The quantitative estimate of drug-likeness (QED) is 0.684. The smallest absolute Gasteiger partial charge is 0.314 e. The molecule has 1 aliphatic rings. The van der Waals surface area contributed by atoms with Crippen LogP contribution in [0.25, 0.3) is 0 Å². The van der Waals surface area contributed by atoms with Crippen LogP contribution in [0.3, 0.4) is 0 Å². The van der Waals surface area contributed by atoms with E-state index < -0.39 is 0 Å². The molecule has 2 amide bonds. The number of hydrogen-bond acceptors (Lipinski definition) is 3. The number of aliphatic hydroxyl groups excluding tert-OH is 1. The molecule has 0 spiro atoms. The molecule has 2 unspecified atom stereocenters. The minimum absolute atomic E-state index is 0.106. The average molecular weight is 333 g/mol. The van der Waals surface area contributed by atoms with Gasteiger partial charge >= 0.3 is 6.03 Å². The predicted molar refractivity (Wildman–Crippen MR) is 96.8 cm³/mol. The van der Waals surface area contributed by atoms with E-state index >= 15 is 0 Å². The molecule has 1 aromatic carbocycles. The Morgan fingerprint density at radius 1 is 1.29 bits per heavy atom. The van der Waals surface area contributed by atoms with Crippen molar-refractivity contribution in [3.8, 4) is 0 Å². The highest BCUT2D eigenvalue weighted by Gasteiger charge is 2.22. The maximum atomic E-state index is 12.0. The number of nitrogens with zero attached hydrogens (tertiary/aromatic N) is 1. The van der Waals surface area contributed by atoms with Gasteiger partial charge in [-0.1, -0.05) is 43.7 Å². The van der Waals surface area contributed by atoms with E-state index in [0.29, 0.717) is 31.5 Å². The molecule has 1 aliphatic heterocycles. The normalized spacial score (nSPS) is 19.7. The third kappa shape index (κ3) is 6.49. The monoisotopic (exact) mass is 333 g/mol. The summed E-state index contributed by atoms with van der Waals surface area (Å²) >= 11 is 0. The second-order valence-electron chi connectivity index (χ2n) is 6.81. The number of carbonyl (C=O) groups excluding carboxylic acids is 1. The first-order valence-corrected chi connectivity index (χ1v) is 9.09. The largest absolute Gasteiger partial charge is 0.396 e. The van der Waals surface area contributed by atoms with Crippen molar-refractivity contribution in [2.24, 2.45) is 5.92 Å². The van der Waals surface area contributed by atoms with E-state index in [1.54, 1.807) is 0 Å². The van der Waals surface area contributed by atoms with Crippen molar-refractivity contribution >= 4 is 6.03 Å². The Kier molecular flexibility index (Phi) is 8.05. The predicted octanol–water partition coefficient (Wildman–Crippen LogP) is 2.36. The van der Waals surface area contributed by atoms with E-state index in [1.807, 2.05) is 13.0 Å². The lowest BCUT2D eigenvalue weighted by atomic mass is 10.0. The molecule has 5 nitrogen and oxygen atoms in total. The van der Waals surface area contributed by atoms with Gasteiger partial charge in [-0.15, -0.1) is 0 Å². The number of nitrogens with one attached hydrogen (secondary N) is 2. The highest BCUT2D eigenvalue weighted by atomic mass is 16.3. The van der Waals surface area contributed by atoms with E-state index in [0.717, 1.165) is 19.5 Å². The van der Waals surface area contributed by atoms with Crippen molar-refractivity contribution in [3.63, 3.8) is 0 Å². The zero-order valence-electron chi connectivity index (χ0n) is 14.7. The lowest BCUT2D eigenvalue weighted by Crippen LogP contribution is -2.48. The highest BCUT2D eigenvalue weighted by Crippen LogP contribution is 2.19. The van der Waals surface area contributed by atoms with E-state index in [2.05, 4.69) is 39.8 Å². The number of carbonyl (C=O) groups is 1. The second-order valence-corrected chi connectivity index (χ2v) is 6.81. The number of urea groups is 1. The molecule has 2 rings (SSSR count). The lowest BCUT2D eigenvalue weighted by Gasteiger charge is -2.36. The summed E-state index contributed by atoms with van der Waals surface area (Å²) in [5, 5.41) is 14.8.